The van der Waals surface area contributed by atoms with Crippen molar-refractivity contribution in [3.05, 3.63) is 64.7 Å². The van der Waals surface area contributed by atoms with Gasteiger partial charge in [0, 0.05) is 5.56 Å². The Labute approximate surface area is 109 Å². The quantitative estimate of drug-likeness (QED) is 0.791. The van der Waals surface area contributed by atoms with Gasteiger partial charge in [0.2, 0.25) is 0 Å². The lowest BCUT2D eigenvalue weighted by atomic mass is 9.98. The van der Waals surface area contributed by atoms with Crippen LogP contribution in [0.15, 0.2) is 36.4 Å². The van der Waals surface area contributed by atoms with Crippen LogP contribution in [0.4, 0.5) is 8.78 Å². The molecule has 0 unspecified atom stereocenters. The van der Waals surface area contributed by atoms with Gasteiger partial charge >= 0.3 is 0 Å². The van der Waals surface area contributed by atoms with Gasteiger partial charge < -0.3 is 4.74 Å². The zero-order chi connectivity index (χ0) is 14.0. The van der Waals surface area contributed by atoms with Crippen LogP contribution in [-0.2, 0) is 0 Å². The third kappa shape index (κ3) is 2.47. The molecule has 0 saturated heterocycles. The molecule has 0 aromatic heterocycles. The lowest BCUT2D eigenvalue weighted by Crippen LogP contribution is -2.07. The first-order valence-corrected chi connectivity index (χ1v) is 5.68. The highest BCUT2D eigenvalue weighted by Crippen LogP contribution is 2.21. The molecule has 0 amide bonds. The molecule has 4 heteroatoms. The highest BCUT2D eigenvalue weighted by Gasteiger charge is 2.18. The van der Waals surface area contributed by atoms with Crippen molar-refractivity contribution in [1.29, 1.82) is 0 Å². The first-order valence-electron chi connectivity index (χ1n) is 5.68. The second-order valence-corrected chi connectivity index (χ2v) is 4.11. The van der Waals surface area contributed by atoms with Crippen LogP contribution in [0.1, 0.15) is 21.5 Å². The van der Waals surface area contributed by atoms with Crippen LogP contribution in [0.25, 0.3) is 0 Å². The van der Waals surface area contributed by atoms with Gasteiger partial charge in [-0.3, -0.25) is 4.79 Å². The predicted molar refractivity (Wildman–Crippen MR) is 67.5 cm³/mol. The van der Waals surface area contributed by atoms with E-state index < -0.39 is 17.4 Å². The molecule has 0 heterocycles. The Balaban J connectivity index is 2.47. The molecule has 2 rings (SSSR count). The van der Waals surface area contributed by atoms with Crippen LogP contribution in [0.2, 0.25) is 0 Å². The number of benzene rings is 2. The topological polar surface area (TPSA) is 26.3 Å². The van der Waals surface area contributed by atoms with Crippen LogP contribution in [0, 0.1) is 18.6 Å². The number of halogens is 2. The van der Waals surface area contributed by atoms with Crippen LogP contribution < -0.4 is 4.74 Å². The Hall–Kier alpha value is -2.23. The van der Waals surface area contributed by atoms with Crippen LogP contribution >= 0.6 is 0 Å². The van der Waals surface area contributed by atoms with E-state index in [0.717, 1.165) is 6.07 Å². The third-order valence-corrected chi connectivity index (χ3v) is 2.87. The molecule has 0 saturated carbocycles. The molecule has 2 aromatic rings. The zero-order valence-corrected chi connectivity index (χ0v) is 10.5. The van der Waals surface area contributed by atoms with Crippen molar-refractivity contribution in [2.75, 3.05) is 7.11 Å². The molecule has 0 fully saturated rings. The van der Waals surface area contributed by atoms with Gasteiger partial charge in [-0.15, -0.1) is 0 Å². The fourth-order valence-electron chi connectivity index (χ4n) is 1.84. The number of aryl methyl sites for hydroxylation is 1. The fraction of sp³-hybridized carbons (Fsp3) is 0.133. The highest BCUT2D eigenvalue weighted by molar-refractivity contribution is 6.10. The van der Waals surface area contributed by atoms with Gasteiger partial charge in [0.25, 0.3) is 0 Å². The average Bonchev–Trinajstić information content (AvgIpc) is 2.41. The van der Waals surface area contributed by atoms with Gasteiger partial charge in [-0.1, -0.05) is 6.07 Å². The molecule has 0 radical (unpaired) electrons. The summed E-state index contributed by atoms with van der Waals surface area (Å²) in [7, 11) is 1.52. The van der Waals surface area contributed by atoms with E-state index in [1.165, 1.54) is 19.2 Å². The average molecular weight is 262 g/mol. The standard InChI is InChI=1S/C15H12F2O2/c1-9-8-10(19-2)6-7-11(9)15(18)12-4-3-5-13(16)14(12)17/h3-8H,1-2H3. The number of carbonyl (C=O) groups is 1. The van der Waals surface area contributed by atoms with Crippen molar-refractivity contribution >= 4 is 5.78 Å². The van der Waals surface area contributed by atoms with E-state index in [-0.39, 0.29) is 5.56 Å². The van der Waals surface area contributed by atoms with E-state index in [1.807, 2.05) is 0 Å². The number of ketones is 1. The van der Waals surface area contributed by atoms with Gasteiger partial charge in [0.05, 0.1) is 12.7 Å². The smallest absolute Gasteiger partial charge is 0.196 e. The molecule has 0 atom stereocenters. The molecule has 2 aromatic carbocycles. The van der Waals surface area contributed by atoms with Gasteiger partial charge in [0.15, 0.2) is 17.4 Å². The van der Waals surface area contributed by atoms with E-state index in [1.54, 1.807) is 25.1 Å². The van der Waals surface area contributed by atoms with Gasteiger partial charge in [-0.25, -0.2) is 8.78 Å². The first-order chi connectivity index (χ1) is 9.04. The van der Waals surface area contributed by atoms with Crippen LogP contribution in [-0.4, -0.2) is 12.9 Å². The molecule has 19 heavy (non-hydrogen) atoms. The van der Waals surface area contributed by atoms with Crippen LogP contribution in [0.3, 0.4) is 0 Å². The van der Waals surface area contributed by atoms with Gasteiger partial charge in [-0.2, -0.15) is 0 Å². The second kappa shape index (κ2) is 5.18. The SMILES string of the molecule is COc1ccc(C(=O)c2cccc(F)c2F)c(C)c1. The van der Waals surface area contributed by atoms with E-state index in [0.29, 0.717) is 16.9 Å². The largest absolute Gasteiger partial charge is 0.497 e. The van der Waals surface area contributed by atoms with E-state index >= 15 is 0 Å². The first kappa shape index (κ1) is 13.2. The maximum Gasteiger partial charge on any atom is 0.196 e. The highest BCUT2D eigenvalue weighted by atomic mass is 19.2. The second-order valence-electron chi connectivity index (χ2n) is 4.11. The fourth-order valence-corrected chi connectivity index (χ4v) is 1.84. The minimum atomic E-state index is -1.12. The summed E-state index contributed by atoms with van der Waals surface area (Å²) in [6.45, 7) is 1.72. The van der Waals surface area contributed by atoms with Crippen molar-refractivity contribution in [3.63, 3.8) is 0 Å². The summed E-state index contributed by atoms with van der Waals surface area (Å²) in [5, 5.41) is 0. The molecule has 0 bridgehead atoms. The van der Waals surface area contributed by atoms with Crippen molar-refractivity contribution in [1.82, 2.24) is 0 Å². The van der Waals surface area contributed by atoms with E-state index in [2.05, 4.69) is 0 Å². The molecular formula is C15H12F2O2. The number of rotatable bonds is 3. The minimum absolute atomic E-state index is 0.270. The van der Waals surface area contributed by atoms with Crippen LogP contribution in [0.5, 0.6) is 5.75 Å². The monoisotopic (exact) mass is 262 g/mol. The molecule has 98 valence electrons. The van der Waals surface area contributed by atoms with E-state index in [9.17, 15) is 13.6 Å². The Kier molecular flexibility index (Phi) is 3.60. The van der Waals surface area contributed by atoms with Crippen molar-refractivity contribution in [2.45, 2.75) is 6.92 Å². The number of ether oxygens (including phenoxy) is 1. The summed E-state index contributed by atoms with van der Waals surface area (Å²) in [4.78, 5) is 12.2. The Morgan fingerprint density at radius 2 is 1.84 bits per heavy atom. The van der Waals surface area contributed by atoms with Gasteiger partial charge in [0.1, 0.15) is 5.75 Å². The molecular weight excluding hydrogens is 250 g/mol. The Morgan fingerprint density at radius 3 is 2.47 bits per heavy atom. The number of methoxy groups -OCH3 is 1. The normalized spacial score (nSPS) is 10.3. The van der Waals surface area contributed by atoms with Gasteiger partial charge in [-0.05, 0) is 42.8 Å². The molecule has 0 aliphatic carbocycles. The lowest BCUT2D eigenvalue weighted by Gasteiger charge is -2.08. The van der Waals surface area contributed by atoms with Crippen molar-refractivity contribution in [3.8, 4) is 5.75 Å². The number of hydrogen-bond donors (Lipinski definition) is 0. The Morgan fingerprint density at radius 1 is 1.11 bits per heavy atom. The van der Waals surface area contributed by atoms with Crippen molar-refractivity contribution in [2.24, 2.45) is 0 Å². The lowest BCUT2D eigenvalue weighted by molar-refractivity contribution is 0.103. The molecule has 2 nitrogen and oxygen atoms in total. The zero-order valence-electron chi connectivity index (χ0n) is 10.5. The third-order valence-electron chi connectivity index (χ3n) is 2.87. The maximum absolute atomic E-state index is 13.6. The molecule has 0 aliphatic rings. The van der Waals surface area contributed by atoms with Crippen molar-refractivity contribution < 1.29 is 18.3 Å². The predicted octanol–water partition coefficient (Wildman–Crippen LogP) is 3.51. The maximum atomic E-state index is 13.6. The number of hydrogen-bond acceptors (Lipinski definition) is 2. The Bertz CT molecular complexity index is 636. The summed E-state index contributed by atoms with van der Waals surface area (Å²) >= 11 is 0. The number of carbonyl (C=O) groups excluding carboxylic acids is 1. The molecule has 0 aliphatic heterocycles. The summed E-state index contributed by atoms with van der Waals surface area (Å²) < 4.78 is 31.8. The summed E-state index contributed by atoms with van der Waals surface area (Å²) in [5.74, 6) is -2.09. The molecule has 0 spiro atoms. The summed E-state index contributed by atoms with van der Waals surface area (Å²) in [6, 6.07) is 8.38. The van der Waals surface area contributed by atoms with E-state index in [4.69, 9.17) is 4.74 Å². The summed E-state index contributed by atoms with van der Waals surface area (Å²) in [5.41, 5.74) is 0.701. The minimum Gasteiger partial charge on any atom is -0.497 e. The molecule has 0 N–H and O–H groups in total. The summed E-state index contributed by atoms with van der Waals surface area (Å²) in [6.07, 6.45) is 0.